The average molecular weight is 531 g/mol. The molecule has 2 rings (SSSR count). The summed E-state index contributed by atoms with van der Waals surface area (Å²) in [6.45, 7) is -0.991. The molecule has 2 aromatic carbocycles. The molecule has 3 N–H and O–H groups in total. The smallest absolute Gasteiger partial charge is 0.327 e. The van der Waals surface area contributed by atoms with Crippen molar-refractivity contribution in [1.29, 1.82) is 0 Å². The third-order valence-electron chi connectivity index (χ3n) is 5.12. The molecule has 0 aliphatic rings. The molecule has 0 aromatic heterocycles. The first kappa shape index (κ1) is 29.2. The van der Waals surface area contributed by atoms with Crippen LogP contribution in [-0.4, -0.2) is 72.9 Å². The first-order chi connectivity index (χ1) is 17.5. The molecule has 0 aliphatic carbocycles. The lowest BCUT2D eigenvalue weighted by molar-refractivity contribution is -0.138. The van der Waals surface area contributed by atoms with Gasteiger partial charge in [-0.15, -0.1) is 0 Å². The van der Waals surface area contributed by atoms with Crippen LogP contribution in [0.25, 0.3) is 0 Å². The van der Waals surface area contributed by atoms with Gasteiger partial charge in [0.15, 0.2) is 0 Å². The minimum Gasteiger partial charge on any atom is -0.369 e. The third kappa shape index (κ3) is 10.6. The zero-order valence-corrected chi connectivity index (χ0v) is 21.3. The number of ketones is 1. The van der Waals surface area contributed by atoms with E-state index in [4.69, 9.17) is 5.73 Å². The summed E-state index contributed by atoms with van der Waals surface area (Å²) in [7, 11) is -3.38. The molecule has 2 aromatic rings. The van der Waals surface area contributed by atoms with Crippen LogP contribution in [-0.2, 0) is 42.1 Å². The van der Waals surface area contributed by atoms with Gasteiger partial charge >= 0.3 is 6.03 Å². The molecule has 11 nitrogen and oxygen atoms in total. The molecule has 0 aliphatic heterocycles. The van der Waals surface area contributed by atoms with Gasteiger partial charge in [-0.3, -0.25) is 24.1 Å². The number of Topliss-reactive ketones (excluding diaryl/α,β-unsaturated/α-hetero) is 1. The van der Waals surface area contributed by atoms with Crippen LogP contribution in [0.15, 0.2) is 60.7 Å². The van der Waals surface area contributed by atoms with E-state index in [1.807, 2.05) is 6.07 Å². The number of benzene rings is 2. The lowest BCUT2D eigenvalue weighted by atomic mass is 10.2. The van der Waals surface area contributed by atoms with Crippen molar-refractivity contribution in [3.63, 3.8) is 0 Å². The van der Waals surface area contributed by atoms with E-state index in [0.29, 0.717) is 10.5 Å². The summed E-state index contributed by atoms with van der Waals surface area (Å²) in [5.41, 5.74) is 6.51. The zero-order valence-electron chi connectivity index (χ0n) is 20.5. The Morgan fingerprint density at radius 1 is 0.892 bits per heavy atom. The van der Waals surface area contributed by atoms with E-state index in [1.54, 1.807) is 54.6 Å². The molecule has 0 bridgehead atoms. The van der Waals surface area contributed by atoms with Crippen LogP contribution in [0.5, 0.6) is 0 Å². The highest BCUT2D eigenvalue weighted by molar-refractivity contribution is 7.90. The van der Waals surface area contributed by atoms with E-state index >= 15 is 0 Å². The highest BCUT2D eigenvalue weighted by Crippen LogP contribution is 2.11. The van der Waals surface area contributed by atoms with Gasteiger partial charge < -0.3 is 16.0 Å². The predicted molar refractivity (Wildman–Crippen MR) is 135 cm³/mol. The average Bonchev–Trinajstić information content (AvgIpc) is 2.84. The minimum atomic E-state index is -3.38. The second kappa shape index (κ2) is 13.9. The number of carbonyl (C=O) groups excluding carboxylic acids is 5. The van der Waals surface area contributed by atoms with Crippen molar-refractivity contribution in [3.05, 3.63) is 71.8 Å². The molecule has 0 fully saturated rings. The normalized spacial score (nSPS) is 10.8. The topological polar surface area (TPSA) is 164 Å². The number of hydrogen-bond acceptors (Lipinski definition) is 7. The molecule has 5 amide bonds. The number of rotatable bonds is 13. The molecule has 0 saturated carbocycles. The third-order valence-corrected chi connectivity index (χ3v) is 6.15. The maximum atomic E-state index is 13.4. The number of nitrogens with two attached hydrogens (primary N) is 1. The molecule has 0 spiro atoms. The maximum absolute atomic E-state index is 13.4. The number of urea groups is 1. The van der Waals surface area contributed by atoms with Gasteiger partial charge in [0.05, 0.1) is 12.3 Å². The predicted octanol–water partition coefficient (Wildman–Crippen LogP) is 0.633. The molecule has 0 saturated heterocycles. The van der Waals surface area contributed by atoms with Crippen LogP contribution in [0.4, 0.5) is 4.79 Å². The van der Waals surface area contributed by atoms with Crippen molar-refractivity contribution in [2.45, 2.75) is 25.9 Å². The molecule has 0 atom stereocenters. The molecule has 198 valence electrons. The molecule has 0 unspecified atom stereocenters. The van der Waals surface area contributed by atoms with Crippen molar-refractivity contribution in [3.8, 4) is 0 Å². The van der Waals surface area contributed by atoms with Gasteiger partial charge in [0, 0.05) is 25.9 Å². The summed E-state index contributed by atoms with van der Waals surface area (Å²) in [5, 5.41) is 2.50. The summed E-state index contributed by atoms with van der Waals surface area (Å²) in [5.74, 6) is -4.05. The fourth-order valence-electron chi connectivity index (χ4n) is 3.34. The molecule has 37 heavy (non-hydrogen) atoms. The Morgan fingerprint density at radius 3 is 2.00 bits per heavy atom. The fourth-order valence-corrected chi connectivity index (χ4v) is 4.00. The van der Waals surface area contributed by atoms with Gasteiger partial charge in [-0.25, -0.2) is 13.2 Å². The number of nitrogens with one attached hydrogen (secondary N) is 1. The van der Waals surface area contributed by atoms with Crippen LogP contribution in [0.2, 0.25) is 0 Å². The van der Waals surface area contributed by atoms with E-state index in [9.17, 15) is 32.4 Å². The van der Waals surface area contributed by atoms with Crippen LogP contribution >= 0.6 is 0 Å². The van der Waals surface area contributed by atoms with Crippen LogP contribution < -0.4 is 11.1 Å². The number of amides is 5. The van der Waals surface area contributed by atoms with Crippen LogP contribution in [0.1, 0.15) is 24.0 Å². The maximum Gasteiger partial charge on any atom is 0.327 e. The Labute approximate surface area is 215 Å². The van der Waals surface area contributed by atoms with E-state index in [-0.39, 0.29) is 31.8 Å². The van der Waals surface area contributed by atoms with Crippen LogP contribution in [0, 0.1) is 0 Å². The monoisotopic (exact) mass is 530 g/mol. The van der Waals surface area contributed by atoms with Crippen molar-refractivity contribution >= 4 is 39.4 Å². The van der Waals surface area contributed by atoms with Gasteiger partial charge in [0.25, 0.3) is 5.91 Å². The molecular weight excluding hydrogens is 500 g/mol. The number of primary amides is 1. The van der Waals surface area contributed by atoms with Crippen molar-refractivity contribution < 1.29 is 32.4 Å². The highest BCUT2D eigenvalue weighted by atomic mass is 32.2. The summed E-state index contributed by atoms with van der Waals surface area (Å²) < 4.78 is 23.1. The number of imide groups is 1. The summed E-state index contributed by atoms with van der Waals surface area (Å²) >= 11 is 0. The molecule has 12 heteroatoms. The lowest BCUT2D eigenvalue weighted by Crippen LogP contribution is -2.50. The Balaban J connectivity index is 2.23. The van der Waals surface area contributed by atoms with Gasteiger partial charge in [0.1, 0.15) is 16.3 Å². The summed E-state index contributed by atoms with van der Waals surface area (Å²) in [6, 6.07) is 16.5. The Kier molecular flexibility index (Phi) is 10.9. The van der Waals surface area contributed by atoms with E-state index in [1.165, 1.54) is 0 Å². The van der Waals surface area contributed by atoms with Crippen LogP contribution in [0.3, 0.4) is 0 Å². The standard InChI is InChI=1S/C25H30N4O7S/c1-37(35,36)14-8-13-29(23(32)15-22(26)31)25(34)28(17-20-11-6-3-7-12-20)18-21(30)24(33)27-16-19-9-4-2-5-10-19/h2-7,9-12H,8,13-18H2,1H3,(H2,26,31)(H,27,33). The summed E-state index contributed by atoms with van der Waals surface area (Å²) in [6.07, 6.45) is 0.147. The van der Waals surface area contributed by atoms with Gasteiger partial charge in [-0.1, -0.05) is 60.7 Å². The fraction of sp³-hybridized carbons (Fsp3) is 0.320. The van der Waals surface area contributed by atoms with Gasteiger partial charge in [-0.2, -0.15) is 0 Å². The second-order valence-electron chi connectivity index (χ2n) is 8.39. The molecular formula is C25H30N4O7S. The van der Waals surface area contributed by atoms with E-state index in [0.717, 1.165) is 16.7 Å². The number of nitrogens with zero attached hydrogens (tertiary/aromatic N) is 2. The number of carbonyl (C=O) groups is 5. The van der Waals surface area contributed by atoms with Crippen molar-refractivity contribution in [1.82, 2.24) is 15.1 Å². The quantitative estimate of drug-likeness (QED) is 0.283. The first-order valence-corrected chi connectivity index (χ1v) is 13.5. The number of hydrogen-bond donors (Lipinski definition) is 2. The zero-order chi connectivity index (χ0) is 27.4. The Morgan fingerprint density at radius 2 is 1.46 bits per heavy atom. The van der Waals surface area contributed by atoms with E-state index < -0.39 is 52.3 Å². The van der Waals surface area contributed by atoms with E-state index in [2.05, 4.69) is 5.32 Å². The second-order valence-corrected chi connectivity index (χ2v) is 10.6. The van der Waals surface area contributed by atoms with Gasteiger partial charge in [-0.05, 0) is 17.5 Å². The summed E-state index contributed by atoms with van der Waals surface area (Å²) in [4.78, 5) is 64.3. The SMILES string of the molecule is CS(=O)(=O)CCCN(C(=O)CC(N)=O)C(=O)N(CC(=O)C(=O)NCc1ccccc1)Cc1ccccc1. The molecule has 0 heterocycles. The van der Waals surface area contributed by atoms with Crippen molar-refractivity contribution in [2.24, 2.45) is 5.73 Å². The highest BCUT2D eigenvalue weighted by Gasteiger charge is 2.30. The molecule has 0 radical (unpaired) electrons. The van der Waals surface area contributed by atoms with Crippen molar-refractivity contribution in [2.75, 3.05) is 25.1 Å². The number of sulfone groups is 1. The Bertz CT molecular complexity index is 1220. The minimum absolute atomic E-state index is 0.0836. The lowest BCUT2D eigenvalue weighted by Gasteiger charge is -2.29. The van der Waals surface area contributed by atoms with Gasteiger partial charge in [0.2, 0.25) is 17.6 Å². The first-order valence-electron chi connectivity index (χ1n) is 11.4. The largest absolute Gasteiger partial charge is 0.369 e. The Hall–Kier alpha value is -4.06.